The van der Waals surface area contributed by atoms with Crippen LogP contribution in [0.5, 0.6) is 0 Å². The molecule has 0 heterocycles. The molecule has 0 radical (unpaired) electrons. The van der Waals surface area contributed by atoms with Crippen molar-refractivity contribution in [1.29, 1.82) is 0 Å². The number of hydrogen-bond donors (Lipinski definition) is 0. The van der Waals surface area contributed by atoms with E-state index in [4.69, 9.17) is 9.73 Å². The van der Waals surface area contributed by atoms with E-state index in [0.29, 0.717) is 5.71 Å². The van der Waals surface area contributed by atoms with Gasteiger partial charge in [0.15, 0.2) is 6.04 Å². The average Bonchev–Trinajstić information content (AvgIpc) is 2.79. The van der Waals surface area contributed by atoms with Crippen LogP contribution < -0.4 is 0 Å². The lowest BCUT2D eigenvalue weighted by Gasteiger charge is -2.28. The van der Waals surface area contributed by atoms with Crippen molar-refractivity contribution in [3.63, 3.8) is 0 Å². The number of hydrogen-bond acceptors (Lipinski definition) is 4. The van der Waals surface area contributed by atoms with Crippen LogP contribution in [0.15, 0.2) is 96.0 Å². The summed E-state index contributed by atoms with van der Waals surface area (Å²) in [4.78, 5) is 30.8. The molecule has 0 amide bonds. The molecule has 33 heavy (non-hydrogen) atoms. The molecule has 0 saturated carbocycles. The average molecular weight is 442 g/mol. The molecule has 4 heteroatoms. The van der Waals surface area contributed by atoms with E-state index >= 15 is 0 Å². The third-order valence-electron chi connectivity index (χ3n) is 5.13. The molecule has 3 rings (SSSR count). The van der Waals surface area contributed by atoms with E-state index in [0.717, 1.165) is 16.7 Å². The standard InChI is InChI=1S/C29H31NO3/c1-21(31)20-25(22-14-8-5-9-15-22)27(28(32)33-29(2,3)4)30-26(23-16-10-6-11-17-23)24-18-12-7-13-19-24/h5-19,25,27H,20H2,1-4H3/t25-,27+/m1/s1. The van der Waals surface area contributed by atoms with Crippen molar-refractivity contribution in [3.05, 3.63) is 108 Å². The zero-order valence-corrected chi connectivity index (χ0v) is 19.7. The Bertz CT molecular complexity index is 1040. The summed E-state index contributed by atoms with van der Waals surface area (Å²) in [6.07, 6.45) is 0.189. The Hall–Kier alpha value is -3.53. The molecule has 2 atom stereocenters. The molecule has 0 unspecified atom stereocenters. The van der Waals surface area contributed by atoms with Gasteiger partial charge in [-0.1, -0.05) is 91.0 Å². The molecule has 0 saturated heterocycles. The second kappa shape index (κ2) is 10.9. The number of Topliss-reactive ketones (excluding diaryl/α,β-unsaturated/α-hetero) is 1. The summed E-state index contributed by atoms with van der Waals surface area (Å²) in [7, 11) is 0. The highest BCUT2D eigenvalue weighted by atomic mass is 16.6. The number of ketones is 1. The van der Waals surface area contributed by atoms with Gasteiger partial charge < -0.3 is 9.53 Å². The van der Waals surface area contributed by atoms with Gasteiger partial charge in [0, 0.05) is 23.5 Å². The van der Waals surface area contributed by atoms with Gasteiger partial charge in [-0.2, -0.15) is 0 Å². The molecule has 0 N–H and O–H groups in total. The number of rotatable bonds is 8. The van der Waals surface area contributed by atoms with E-state index in [1.54, 1.807) is 6.92 Å². The van der Waals surface area contributed by atoms with E-state index in [1.807, 2.05) is 112 Å². The highest BCUT2D eigenvalue weighted by Crippen LogP contribution is 2.29. The smallest absolute Gasteiger partial charge is 0.332 e. The normalized spacial score (nSPS) is 13.0. The number of nitrogens with zero attached hydrogens (tertiary/aromatic N) is 1. The van der Waals surface area contributed by atoms with Crippen molar-refractivity contribution >= 4 is 17.5 Å². The summed E-state index contributed by atoms with van der Waals surface area (Å²) in [6, 6.07) is 28.3. The Labute approximate surface area is 196 Å². The van der Waals surface area contributed by atoms with Gasteiger partial charge in [0.2, 0.25) is 0 Å². The minimum absolute atomic E-state index is 0.00594. The predicted molar refractivity (Wildman–Crippen MR) is 133 cm³/mol. The molecule has 0 aliphatic carbocycles. The Morgan fingerprint density at radius 3 is 1.67 bits per heavy atom. The summed E-state index contributed by atoms with van der Waals surface area (Å²) in [5.74, 6) is -0.892. The predicted octanol–water partition coefficient (Wildman–Crippen LogP) is 6.00. The lowest BCUT2D eigenvalue weighted by atomic mass is 9.86. The molecule has 0 spiro atoms. The SMILES string of the molecule is CC(=O)C[C@H](c1ccccc1)[C@H](N=C(c1ccccc1)c1ccccc1)C(=O)OC(C)(C)C. The second-order valence-electron chi connectivity index (χ2n) is 9.11. The molecule has 3 aromatic carbocycles. The fourth-order valence-electron chi connectivity index (χ4n) is 3.74. The first kappa shape index (κ1) is 24.1. The van der Waals surface area contributed by atoms with Crippen molar-refractivity contribution < 1.29 is 14.3 Å². The van der Waals surface area contributed by atoms with Gasteiger partial charge in [0.1, 0.15) is 11.4 Å². The van der Waals surface area contributed by atoms with Gasteiger partial charge in [-0.3, -0.25) is 4.99 Å². The van der Waals surface area contributed by atoms with Crippen molar-refractivity contribution in [2.24, 2.45) is 4.99 Å². The number of benzene rings is 3. The molecule has 170 valence electrons. The topological polar surface area (TPSA) is 55.7 Å². The van der Waals surface area contributed by atoms with Gasteiger partial charge in [0.05, 0.1) is 5.71 Å². The molecule has 0 bridgehead atoms. The number of carbonyl (C=O) groups excluding carboxylic acids is 2. The van der Waals surface area contributed by atoms with Crippen LogP contribution in [0.4, 0.5) is 0 Å². The first-order chi connectivity index (χ1) is 15.7. The van der Waals surface area contributed by atoms with Gasteiger partial charge >= 0.3 is 5.97 Å². The fourth-order valence-corrected chi connectivity index (χ4v) is 3.74. The summed E-state index contributed by atoms with van der Waals surface area (Å²) < 4.78 is 5.80. The second-order valence-corrected chi connectivity index (χ2v) is 9.11. The molecule has 0 fully saturated rings. The number of ether oxygens (including phenoxy) is 1. The van der Waals surface area contributed by atoms with E-state index in [-0.39, 0.29) is 12.2 Å². The van der Waals surface area contributed by atoms with Gasteiger partial charge in [-0.05, 0) is 33.3 Å². The van der Waals surface area contributed by atoms with E-state index < -0.39 is 23.5 Å². The number of carbonyl (C=O) groups is 2. The third-order valence-corrected chi connectivity index (χ3v) is 5.13. The maximum Gasteiger partial charge on any atom is 0.332 e. The monoisotopic (exact) mass is 441 g/mol. The van der Waals surface area contributed by atoms with Gasteiger partial charge in [0.25, 0.3) is 0 Å². The van der Waals surface area contributed by atoms with Crippen molar-refractivity contribution in [1.82, 2.24) is 0 Å². The summed E-state index contributed by atoms with van der Waals surface area (Å²) in [5.41, 5.74) is 2.69. The van der Waals surface area contributed by atoms with Gasteiger partial charge in [-0.25, -0.2) is 4.79 Å². The minimum Gasteiger partial charge on any atom is -0.458 e. The van der Waals surface area contributed by atoms with Crippen molar-refractivity contribution in [2.75, 3.05) is 0 Å². The first-order valence-electron chi connectivity index (χ1n) is 11.2. The van der Waals surface area contributed by atoms with Crippen LogP contribution >= 0.6 is 0 Å². The van der Waals surface area contributed by atoms with Crippen molar-refractivity contribution in [2.45, 2.75) is 51.7 Å². The molecular formula is C29H31NO3. The van der Waals surface area contributed by atoms with E-state index in [2.05, 4.69) is 0 Å². The highest BCUT2D eigenvalue weighted by Gasteiger charge is 2.34. The Kier molecular flexibility index (Phi) is 7.94. The number of aliphatic imine (C=N–C) groups is 1. The Balaban J connectivity index is 2.20. The molecule has 0 aliphatic rings. The van der Waals surface area contributed by atoms with Crippen LogP contribution in [0, 0.1) is 0 Å². The van der Waals surface area contributed by atoms with Crippen LogP contribution in [0.1, 0.15) is 56.7 Å². The van der Waals surface area contributed by atoms with Gasteiger partial charge in [-0.15, -0.1) is 0 Å². The molecule has 0 aliphatic heterocycles. The molecule has 3 aromatic rings. The largest absolute Gasteiger partial charge is 0.458 e. The summed E-state index contributed by atoms with van der Waals surface area (Å²) in [5, 5.41) is 0. The quantitative estimate of drug-likeness (QED) is 0.318. The zero-order valence-electron chi connectivity index (χ0n) is 19.7. The molecule has 0 aromatic heterocycles. The molecular weight excluding hydrogens is 410 g/mol. The van der Waals surface area contributed by atoms with Crippen LogP contribution in [0.3, 0.4) is 0 Å². The Morgan fingerprint density at radius 1 is 0.788 bits per heavy atom. The molecule has 4 nitrogen and oxygen atoms in total. The zero-order chi connectivity index (χ0) is 23.8. The Morgan fingerprint density at radius 2 is 1.24 bits per heavy atom. The van der Waals surface area contributed by atoms with Crippen LogP contribution in [-0.2, 0) is 14.3 Å². The number of esters is 1. The van der Waals surface area contributed by atoms with E-state index in [9.17, 15) is 9.59 Å². The van der Waals surface area contributed by atoms with E-state index in [1.165, 1.54) is 0 Å². The third kappa shape index (κ3) is 6.98. The first-order valence-corrected chi connectivity index (χ1v) is 11.2. The maximum absolute atomic E-state index is 13.5. The minimum atomic E-state index is -0.883. The van der Waals surface area contributed by atoms with Crippen LogP contribution in [0.25, 0.3) is 0 Å². The lowest BCUT2D eigenvalue weighted by molar-refractivity contribution is -0.157. The summed E-state index contributed by atoms with van der Waals surface area (Å²) in [6.45, 7) is 7.05. The fraction of sp³-hybridized carbons (Fsp3) is 0.276. The lowest BCUT2D eigenvalue weighted by Crippen LogP contribution is -2.36. The summed E-state index contributed by atoms with van der Waals surface area (Å²) >= 11 is 0. The maximum atomic E-state index is 13.5. The van der Waals surface area contributed by atoms with Crippen LogP contribution in [0.2, 0.25) is 0 Å². The highest BCUT2D eigenvalue weighted by molar-refractivity contribution is 6.13. The van der Waals surface area contributed by atoms with Crippen molar-refractivity contribution in [3.8, 4) is 0 Å². The van der Waals surface area contributed by atoms with Crippen LogP contribution in [-0.4, -0.2) is 29.1 Å².